The van der Waals surface area contributed by atoms with Crippen molar-refractivity contribution in [2.45, 2.75) is 63.5 Å². The lowest BCUT2D eigenvalue weighted by atomic mass is 9.97. The van der Waals surface area contributed by atoms with E-state index in [0.717, 1.165) is 18.9 Å². The third-order valence-corrected chi connectivity index (χ3v) is 3.84. The van der Waals surface area contributed by atoms with Gasteiger partial charge in [-0.15, -0.1) is 0 Å². The van der Waals surface area contributed by atoms with E-state index in [2.05, 4.69) is 4.42 Å². The molecule has 0 saturated heterocycles. The quantitative estimate of drug-likeness (QED) is 0.234. The van der Waals surface area contributed by atoms with Gasteiger partial charge in [0.2, 0.25) is 0 Å². The topological polar surface area (TPSA) is 189 Å². The molecule has 1 saturated carbocycles. The van der Waals surface area contributed by atoms with Crippen LogP contribution in [0.3, 0.4) is 0 Å². The van der Waals surface area contributed by atoms with Crippen LogP contribution in [0.2, 0.25) is 0 Å². The van der Waals surface area contributed by atoms with Gasteiger partial charge in [0.25, 0.3) is 0 Å². The zero-order valence-electron chi connectivity index (χ0n) is 15.4. The van der Waals surface area contributed by atoms with Crippen LogP contribution in [0.1, 0.15) is 61.9 Å². The lowest BCUT2D eigenvalue weighted by Gasteiger charge is -2.15. The van der Waals surface area contributed by atoms with Crippen molar-refractivity contribution in [2.24, 2.45) is 17.2 Å². The number of carboxylic acid groups (broad SMARTS) is 1. The maximum atomic E-state index is 10.1. The molecule has 1 atom stereocenters. The highest BCUT2D eigenvalue weighted by atomic mass is 16.6. The van der Waals surface area contributed by atoms with Crippen LogP contribution in [-0.2, 0) is 4.79 Å². The molecule has 10 heteroatoms. The monoisotopic (exact) mass is 386 g/mol. The summed E-state index contributed by atoms with van der Waals surface area (Å²) in [5.41, 5.74) is 16.1. The highest BCUT2D eigenvalue weighted by Crippen LogP contribution is 2.15. The molecule has 1 aliphatic carbocycles. The number of carbonyl (C=O) groups excluding carboxylic acids is 1. The molecule has 0 amide bonds. The summed E-state index contributed by atoms with van der Waals surface area (Å²) in [4.78, 5) is 29.3. The number of carbonyl (C=O) groups is 2. The first kappa shape index (κ1) is 24.7. The van der Waals surface area contributed by atoms with Gasteiger partial charge in [-0.3, -0.25) is 19.7 Å². The van der Waals surface area contributed by atoms with Gasteiger partial charge >= 0.3 is 11.9 Å². The maximum absolute atomic E-state index is 10.1. The van der Waals surface area contributed by atoms with E-state index in [1.165, 1.54) is 38.2 Å². The van der Waals surface area contributed by atoms with E-state index in [-0.39, 0.29) is 5.76 Å². The van der Waals surface area contributed by atoms with Crippen LogP contribution in [0.15, 0.2) is 16.5 Å². The minimum absolute atomic E-state index is 0.0355. The molecule has 0 aliphatic heterocycles. The number of aldehydes is 1. The van der Waals surface area contributed by atoms with E-state index in [4.69, 9.17) is 22.3 Å². The first-order valence-electron chi connectivity index (χ1n) is 8.95. The molecule has 1 fully saturated rings. The predicted octanol–water partition coefficient (Wildman–Crippen LogP) is 1.81. The fraction of sp³-hybridized carbons (Fsp3) is 0.647. The Morgan fingerprint density at radius 3 is 2.30 bits per heavy atom. The van der Waals surface area contributed by atoms with Gasteiger partial charge in [-0.25, -0.2) is 0 Å². The molecule has 10 nitrogen and oxygen atoms in total. The van der Waals surface area contributed by atoms with Crippen LogP contribution in [0, 0.1) is 10.1 Å². The van der Waals surface area contributed by atoms with Crippen molar-refractivity contribution in [2.75, 3.05) is 6.54 Å². The minimum Gasteiger partial charge on any atom is -0.480 e. The van der Waals surface area contributed by atoms with Crippen molar-refractivity contribution in [1.29, 1.82) is 0 Å². The third-order valence-electron chi connectivity index (χ3n) is 3.84. The van der Waals surface area contributed by atoms with Crippen LogP contribution >= 0.6 is 0 Å². The van der Waals surface area contributed by atoms with Crippen molar-refractivity contribution in [3.8, 4) is 0 Å². The van der Waals surface area contributed by atoms with Gasteiger partial charge in [-0.1, -0.05) is 25.7 Å². The van der Waals surface area contributed by atoms with E-state index in [1.54, 1.807) is 0 Å². The molecule has 0 aromatic carbocycles. The predicted molar refractivity (Wildman–Crippen MR) is 100 cm³/mol. The molecule has 0 spiro atoms. The molecule has 154 valence electrons. The molecular formula is C17H30N4O6. The number of rotatable bonds is 7. The number of nitrogens with two attached hydrogens (primary N) is 3. The van der Waals surface area contributed by atoms with Crippen LogP contribution in [0.4, 0.5) is 5.88 Å². The normalized spacial score (nSPS) is 14.8. The summed E-state index contributed by atoms with van der Waals surface area (Å²) in [5.74, 6) is -1.38. The van der Waals surface area contributed by atoms with Gasteiger partial charge in [-0.05, 0) is 38.3 Å². The SMILES string of the molecule is NC1CCCCC1.NCCCC[C@H](N)C(=O)O.O=Cc1ccc([N+](=O)[O-])o1. The van der Waals surface area contributed by atoms with Crippen LogP contribution in [-0.4, -0.2) is 40.9 Å². The smallest absolute Gasteiger partial charge is 0.433 e. The highest BCUT2D eigenvalue weighted by molar-refractivity contribution is 5.72. The number of unbranched alkanes of at least 4 members (excludes halogenated alkanes) is 1. The molecule has 1 aromatic heterocycles. The second-order valence-corrected chi connectivity index (χ2v) is 6.18. The third kappa shape index (κ3) is 12.7. The van der Waals surface area contributed by atoms with Crippen molar-refractivity contribution < 1.29 is 24.0 Å². The first-order chi connectivity index (χ1) is 12.8. The number of hydrogen-bond donors (Lipinski definition) is 4. The average Bonchev–Trinajstić information content (AvgIpc) is 3.13. The molecule has 1 aliphatic rings. The fourth-order valence-electron chi connectivity index (χ4n) is 2.27. The summed E-state index contributed by atoms with van der Waals surface area (Å²) in [6.07, 6.45) is 9.24. The standard InChI is InChI=1S/C6H14N2O2.C6H13N.C5H3NO4/c7-4-2-1-3-5(8)6(9)10;7-6-4-2-1-3-5-6;7-3-4-1-2-5(10-4)6(8)9/h5H,1-4,7-8H2,(H,9,10);6H,1-5,7H2;1-3H/t5-;;/m0../s1. The molecule has 0 unspecified atom stereocenters. The zero-order chi connectivity index (χ0) is 20.7. The minimum atomic E-state index is -0.933. The molecule has 2 rings (SSSR count). The summed E-state index contributed by atoms with van der Waals surface area (Å²) in [6.45, 7) is 0.604. The summed E-state index contributed by atoms with van der Waals surface area (Å²) < 4.78 is 4.43. The Labute approximate surface area is 158 Å². The number of nitro groups is 1. The van der Waals surface area contributed by atoms with Crippen molar-refractivity contribution in [1.82, 2.24) is 0 Å². The first-order valence-corrected chi connectivity index (χ1v) is 8.95. The summed E-state index contributed by atoms with van der Waals surface area (Å²) in [5, 5.41) is 18.3. The van der Waals surface area contributed by atoms with Gasteiger partial charge in [0.05, 0.1) is 6.07 Å². The molecule has 27 heavy (non-hydrogen) atoms. The zero-order valence-corrected chi connectivity index (χ0v) is 15.4. The Hall–Kier alpha value is -2.30. The second kappa shape index (κ2) is 14.8. The number of hydrogen-bond acceptors (Lipinski definition) is 8. The Kier molecular flexibility index (Phi) is 13.6. The maximum Gasteiger partial charge on any atom is 0.433 e. The molecule has 0 bridgehead atoms. The van der Waals surface area contributed by atoms with Crippen LogP contribution in [0.5, 0.6) is 0 Å². The van der Waals surface area contributed by atoms with E-state index in [9.17, 15) is 19.7 Å². The summed E-state index contributed by atoms with van der Waals surface area (Å²) in [7, 11) is 0. The fourth-order valence-corrected chi connectivity index (χ4v) is 2.27. The molecule has 1 heterocycles. The lowest BCUT2D eigenvalue weighted by molar-refractivity contribution is -0.402. The highest BCUT2D eigenvalue weighted by Gasteiger charge is 2.10. The van der Waals surface area contributed by atoms with Crippen molar-refractivity contribution >= 4 is 18.1 Å². The lowest BCUT2D eigenvalue weighted by Crippen LogP contribution is -2.29. The molecular weight excluding hydrogens is 356 g/mol. The van der Waals surface area contributed by atoms with Gasteiger partial charge in [0, 0.05) is 6.04 Å². The van der Waals surface area contributed by atoms with E-state index < -0.39 is 22.8 Å². The van der Waals surface area contributed by atoms with Gasteiger partial charge in [0.15, 0.2) is 12.0 Å². The number of furan rings is 1. The number of nitrogens with zero attached hydrogens (tertiary/aromatic N) is 1. The van der Waals surface area contributed by atoms with Crippen LogP contribution < -0.4 is 17.2 Å². The Bertz CT molecular complexity index is 557. The molecule has 7 N–H and O–H groups in total. The largest absolute Gasteiger partial charge is 0.480 e. The van der Waals surface area contributed by atoms with Crippen LogP contribution in [0.25, 0.3) is 0 Å². The molecule has 0 radical (unpaired) electrons. The van der Waals surface area contributed by atoms with Gasteiger partial charge in [-0.2, -0.15) is 0 Å². The number of carboxylic acids is 1. The molecule has 1 aromatic rings. The average molecular weight is 386 g/mol. The van der Waals surface area contributed by atoms with Crippen molar-refractivity contribution in [3.63, 3.8) is 0 Å². The Morgan fingerprint density at radius 1 is 1.33 bits per heavy atom. The number of aliphatic carboxylic acids is 1. The Balaban J connectivity index is 0.000000382. The second-order valence-electron chi connectivity index (χ2n) is 6.18. The van der Waals surface area contributed by atoms with Gasteiger partial charge in [0.1, 0.15) is 11.0 Å². The summed E-state index contributed by atoms with van der Waals surface area (Å²) >= 11 is 0. The van der Waals surface area contributed by atoms with E-state index in [0.29, 0.717) is 25.3 Å². The Morgan fingerprint density at radius 2 is 1.96 bits per heavy atom. The van der Waals surface area contributed by atoms with E-state index >= 15 is 0 Å². The summed E-state index contributed by atoms with van der Waals surface area (Å²) in [6, 6.07) is 2.19. The van der Waals surface area contributed by atoms with Gasteiger partial charge < -0.3 is 26.7 Å². The van der Waals surface area contributed by atoms with E-state index in [1.807, 2.05) is 0 Å². The van der Waals surface area contributed by atoms with Crippen molar-refractivity contribution in [3.05, 3.63) is 28.0 Å².